The van der Waals surface area contributed by atoms with Gasteiger partial charge in [-0.05, 0) is 29.9 Å². The molecule has 2 aromatic rings. The zero-order valence-corrected chi connectivity index (χ0v) is 16.5. The van der Waals surface area contributed by atoms with E-state index in [-0.39, 0.29) is 16.6 Å². The van der Waals surface area contributed by atoms with Crippen LogP contribution in [-0.4, -0.2) is 10.9 Å². The Morgan fingerprint density at radius 2 is 1.58 bits per heavy atom. The van der Waals surface area contributed by atoms with Gasteiger partial charge in [0.25, 0.3) is 0 Å². The van der Waals surface area contributed by atoms with E-state index in [9.17, 15) is 9.90 Å². The van der Waals surface area contributed by atoms with Gasteiger partial charge < -0.3 is 5.11 Å². The minimum atomic E-state index is -0.230. The van der Waals surface area contributed by atoms with E-state index in [0.717, 1.165) is 11.1 Å². The Hall–Kier alpha value is -1.68. The number of rotatable bonds is 3. The van der Waals surface area contributed by atoms with Gasteiger partial charge in [0.2, 0.25) is 17.8 Å². The second-order valence-corrected chi connectivity index (χ2v) is 9.57. The molecular weight excluding hydrogens is 318 g/mol. The predicted molar refractivity (Wildman–Crippen MR) is 99.1 cm³/mol. The molecule has 0 aliphatic carbocycles. The van der Waals surface area contributed by atoms with Crippen LogP contribution in [0, 0.1) is 6.92 Å². The number of ketones is 1. The average molecular weight is 347 g/mol. The van der Waals surface area contributed by atoms with E-state index in [4.69, 9.17) is 0 Å². The lowest BCUT2D eigenvalue weighted by Gasteiger charge is -2.27. The van der Waals surface area contributed by atoms with E-state index in [1.807, 2.05) is 35.3 Å². The van der Waals surface area contributed by atoms with Crippen LogP contribution in [0.1, 0.15) is 67.9 Å². The van der Waals surface area contributed by atoms with Crippen molar-refractivity contribution in [2.24, 2.45) is 0 Å². The largest absolute Gasteiger partial charge is 0.507 e. The molecule has 1 aromatic carbocycles. The molecule has 3 nitrogen and oxygen atoms in total. The number of carbonyl (C=O) groups excluding carboxylic acids is 1. The molecule has 130 valence electrons. The van der Waals surface area contributed by atoms with Crippen LogP contribution >= 0.6 is 11.3 Å². The van der Waals surface area contributed by atoms with Gasteiger partial charge in [-0.25, -0.2) is 0 Å². The Kier molecular flexibility index (Phi) is 4.91. The van der Waals surface area contributed by atoms with Crippen LogP contribution in [0.25, 0.3) is 0 Å². The normalized spacial score (nSPS) is 12.5. The number of benzene rings is 1. The van der Waals surface area contributed by atoms with Crippen LogP contribution in [0.2, 0.25) is 0 Å². The van der Waals surface area contributed by atoms with Crippen LogP contribution < -0.4 is 4.57 Å². The van der Waals surface area contributed by atoms with E-state index >= 15 is 0 Å². The first-order valence-electron chi connectivity index (χ1n) is 8.25. The summed E-state index contributed by atoms with van der Waals surface area (Å²) < 4.78 is 1.92. The lowest BCUT2D eigenvalue weighted by molar-refractivity contribution is -0.678. The molecular formula is C20H28NO2S+. The Morgan fingerprint density at radius 1 is 1.08 bits per heavy atom. The quantitative estimate of drug-likeness (QED) is 0.655. The first-order valence-corrected chi connectivity index (χ1v) is 9.13. The van der Waals surface area contributed by atoms with E-state index < -0.39 is 0 Å². The van der Waals surface area contributed by atoms with Crippen molar-refractivity contribution in [3.63, 3.8) is 0 Å². The molecule has 0 radical (unpaired) electrons. The fourth-order valence-electron chi connectivity index (χ4n) is 2.72. The summed E-state index contributed by atoms with van der Waals surface area (Å²) in [5.41, 5.74) is 3.82. The van der Waals surface area contributed by atoms with Crippen LogP contribution in [-0.2, 0) is 17.4 Å². The lowest BCUT2D eigenvalue weighted by atomic mass is 9.78. The van der Waals surface area contributed by atoms with Crippen molar-refractivity contribution in [3.05, 3.63) is 45.4 Å². The zero-order chi connectivity index (χ0) is 18.3. The number of phenolic OH excluding ortho intramolecular Hbond substituents is 1. The Bertz CT molecular complexity index is 726. The van der Waals surface area contributed by atoms with Crippen LogP contribution in [0.4, 0.5) is 0 Å². The second-order valence-electron chi connectivity index (χ2n) is 8.48. The molecule has 1 N–H and O–H groups in total. The molecule has 0 amide bonds. The fourth-order valence-corrected chi connectivity index (χ4v) is 3.36. The van der Waals surface area contributed by atoms with E-state index in [0.29, 0.717) is 17.9 Å². The smallest absolute Gasteiger partial charge is 0.227 e. The summed E-state index contributed by atoms with van der Waals surface area (Å²) in [7, 11) is 0. The number of Topliss-reactive ketones (excluding diaryl/α,β-unsaturated/α-hetero) is 1. The summed E-state index contributed by atoms with van der Waals surface area (Å²) in [6, 6.07) is 3.71. The molecule has 1 heterocycles. The number of phenols is 1. The molecule has 0 saturated heterocycles. The van der Waals surface area contributed by atoms with Crippen molar-refractivity contribution in [1.82, 2.24) is 0 Å². The molecule has 2 rings (SSSR count). The lowest BCUT2D eigenvalue weighted by Crippen LogP contribution is -2.35. The maximum Gasteiger partial charge on any atom is 0.227 e. The monoisotopic (exact) mass is 346 g/mol. The predicted octanol–water partition coefficient (Wildman–Crippen LogP) is 4.53. The third kappa shape index (κ3) is 4.04. The molecule has 24 heavy (non-hydrogen) atoms. The zero-order valence-electron chi connectivity index (χ0n) is 15.7. The van der Waals surface area contributed by atoms with Crippen molar-refractivity contribution in [3.8, 4) is 5.75 Å². The Balaban J connectivity index is 2.51. The third-order valence-electron chi connectivity index (χ3n) is 4.10. The molecule has 0 bridgehead atoms. The molecule has 0 saturated carbocycles. The number of hydrogen-bond acceptors (Lipinski definition) is 3. The van der Waals surface area contributed by atoms with Gasteiger partial charge in [-0.2, -0.15) is 4.57 Å². The molecule has 0 atom stereocenters. The molecule has 0 fully saturated rings. The number of thiazole rings is 1. The highest BCUT2D eigenvalue weighted by molar-refractivity contribution is 7.09. The van der Waals surface area contributed by atoms with Gasteiger partial charge in [0.05, 0.1) is 4.88 Å². The summed E-state index contributed by atoms with van der Waals surface area (Å²) in [5, 5.41) is 10.7. The molecule has 0 aliphatic heterocycles. The van der Waals surface area contributed by atoms with Crippen molar-refractivity contribution in [1.29, 1.82) is 0 Å². The maximum absolute atomic E-state index is 12.8. The topological polar surface area (TPSA) is 41.2 Å². The third-order valence-corrected chi connectivity index (χ3v) is 4.95. The highest BCUT2D eigenvalue weighted by Gasteiger charge is 2.28. The van der Waals surface area contributed by atoms with Gasteiger partial charge in [-0.1, -0.05) is 52.9 Å². The molecule has 4 heteroatoms. The van der Waals surface area contributed by atoms with Crippen LogP contribution in [0.15, 0.2) is 23.8 Å². The van der Waals surface area contributed by atoms with E-state index in [2.05, 4.69) is 41.5 Å². The standard InChI is InChI=1S/C20H27NO2S/c1-13-10-21(12-24-13)11-17(22)14-8-15(19(2,3)4)18(23)16(9-14)20(5,6)7/h8-10,12H,11H2,1-7H3/p+1. The first-order chi connectivity index (χ1) is 10.9. The number of aromatic hydroxyl groups is 1. The van der Waals surface area contributed by atoms with Crippen molar-refractivity contribution >= 4 is 17.1 Å². The number of carbonyl (C=O) groups is 1. The first kappa shape index (κ1) is 18.7. The van der Waals surface area contributed by atoms with Crippen LogP contribution in [0.3, 0.4) is 0 Å². The second kappa shape index (κ2) is 6.32. The number of hydrogen-bond donors (Lipinski definition) is 1. The summed E-state index contributed by atoms with van der Waals surface area (Å²) in [4.78, 5) is 14.0. The molecule has 0 spiro atoms. The summed E-state index contributed by atoms with van der Waals surface area (Å²) in [5.74, 6) is 0.374. The Morgan fingerprint density at radius 3 is 1.96 bits per heavy atom. The van der Waals surface area contributed by atoms with Crippen molar-refractivity contribution in [2.45, 2.75) is 65.8 Å². The van der Waals surface area contributed by atoms with Gasteiger partial charge in [-0.3, -0.25) is 4.79 Å². The molecule has 1 aromatic heterocycles. The highest BCUT2D eigenvalue weighted by Crippen LogP contribution is 2.39. The number of aromatic nitrogens is 1. The summed E-state index contributed by atoms with van der Waals surface area (Å²) in [6.45, 7) is 14.7. The van der Waals surface area contributed by atoms with Crippen LogP contribution in [0.5, 0.6) is 5.75 Å². The minimum Gasteiger partial charge on any atom is -0.507 e. The van der Waals surface area contributed by atoms with Gasteiger partial charge in [-0.15, -0.1) is 0 Å². The van der Waals surface area contributed by atoms with Gasteiger partial charge in [0, 0.05) is 16.7 Å². The minimum absolute atomic E-state index is 0.0637. The number of nitrogens with zero attached hydrogens (tertiary/aromatic N) is 1. The van der Waals surface area contributed by atoms with E-state index in [1.165, 1.54) is 4.88 Å². The highest BCUT2D eigenvalue weighted by atomic mass is 32.1. The summed E-state index contributed by atoms with van der Waals surface area (Å²) in [6.07, 6.45) is 1.98. The summed E-state index contributed by atoms with van der Waals surface area (Å²) >= 11 is 1.63. The average Bonchev–Trinajstić information content (AvgIpc) is 2.81. The van der Waals surface area contributed by atoms with Gasteiger partial charge in [0.1, 0.15) is 5.75 Å². The SMILES string of the molecule is Cc1c[n+](CC(=O)c2cc(C(C)(C)C)c(O)c(C(C)(C)C)c2)cs1. The number of aryl methyl sites for hydroxylation is 1. The van der Waals surface area contributed by atoms with Crippen molar-refractivity contribution in [2.75, 3.05) is 0 Å². The fraction of sp³-hybridized carbons (Fsp3) is 0.500. The molecule has 0 unspecified atom stereocenters. The van der Waals surface area contributed by atoms with Gasteiger partial charge >= 0.3 is 0 Å². The maximum atomic E-state index is 12.8. The Labute approximate surface area is 149 Å². The van der Waals surface area contributed by atoms with Gasteiger partial charge in [0.15, 0.2) is 6.20 Å². The molecule has 0 aliphatic rings. The van der Waals surface area contributed by atoms with E-state index in [1.54, 1.807) is 11.3 Å². The van der Waals surface area contributed by atoms with Crippen molar-refractivity contribution < 1.29 is 14.5 Å².